The number of para-hydroxylation sites is 1. The number of guanidine groups is 1. The SMILES string of the molecule is CSCC[C@H](N)C(=O)N[C@@H](CCC(=O)O)C(=O)N[C@@H](CC1C=NC=N1)C(=O)N[C@H](Cc1ccccc1)C(=O)N[C@@H](CCCN=C(N)N)C(=O)N[C@@H](Cc1c[nH]c2ccccc12)C(=O)NCC(=O)O. The molecule has 1 unspecified atom stereocenters. The molecule has 1 aromatic heterocycles. The molecule has 68 heavy (non-hydrogen) atoms. The predicted molar refractivity (Wildman–Crippen MR) is 256 cm³/mol. The van der Waals surface area contributed by atoms with Gasteiger partial charge in [0, 0.05) is 55.5 Å². The lowest BCUT2D eigenvalue weighted by molar-refractivity contribution is -0.139. The van der Waals surface area contributed by atoms with Crippen molar-refractivity contribution in [2.45, 2.75) is 93.7 Å². The summed E-state index contributed by atoms with van der Waals surface area (Å²) in [5.41, 5.74) is 19.1. The van der Waals surface area contributed by atoms with Gasteiger partial charge in [-0.3, -0.25) is 48.3 Å². The Kier molecular flexibility index (Phi) is 21.4. The number of H-pyrrole nitrogens is 1. The molecule has 0 spiro atoms. The van der Waals surface area contributed by atoms with Crippen LogP contribution in [0.3, 0.4) is 0 Å². The van der Waals surface area contributed by atoms with E-state index in [1.54, 1.807) is 42.6 Å². The van der Waals surface area contributed by atoms with Crippen LogP contribution in [0.4, 0.5) is 0 Å². The van der Waals surface area contributed by atoms with Crippen LogP contribution in [-0.2, 0) is 51.2 Å². The summed E-state index contributed by atoms with van der Waals surface area (Å²) in [5.74, 6) is -7.15. The first-order valence-corrected chi connectivity index (χ1v) is 23.1. The van der Waals surface area contributed by atoms with E-state index in [-0.39, 0.29) is 57.5 Å². The van der Waals surface area contributed by atoms with Crippen LogP contribution in [0.1, 0.15) is 49.7 Å². The zero-order valence-electron chi connectivity index (χ0n) is 37.4. The Hall–Kier alpha value is -7.34. The van der Waals surface area contributed by atoms with Crippen LogP contribution < -0.4 is 49.1 Å². The van der Waals surface area contributed by atoms with Gasteiger partial charge in [0.15, 0.2) is 5.96 Å². The molecule has 3 aromatic rings. The summed E-state index contributed by atoms with van der Waals surface area (Å²) in [6.45, 7) is -0.680. The van der Waals surface area contributed by atoms with Gasteiger partial charge in [-0.05, 0) is 54.9 Å². The number of nitrogens with two attached hydrogens (primary N) is 3. The van der Waals surface area contributed by atoms with Crippen molar-refractivity contribution >= 4 is 88.6 Å². The van der Waals surface area contributed by atoms with Crippen LogP contribution in [0, 0.1) is 0 Å². The number of amides is 6. The molecule has 0 saturated heterocycles. The summed E-state index contributed by atoms with van der Waals surface area (Å²) < 4.78 is 0. The van der Waals surface area contributed by atoms with Crippen molar-refractivity contribution < 1.29 is 48.6 Å². The maximum atomic E-state index is 14.5. The van der Waals surface area contributed by atoms with Crippen LogP contribution in [-0.4, -0.2) is 148 Å². The molecule has 0 radical (unpaired) electrons. The number of rotatable bonds is 29. The van der Waals surface area contributed by atoms with Gasteiger partial charge in [0.05, 0.1) is 12.1 Å². The number of aliphatic carboxylic acids is 2. The molecule has 24 heteroatoms. The molecular weight excluding hydrogens is 903 g/mol. The van der Waals surface area contributed by atoms with Gasteiger partial charge in [-0.15, -0.1) is 0 Å². The average Bonchev–Trinajstić information content (AvgIpc) is 3.99. The van der Waals surface area contributed by atoms with Gasteiger partial charge in [0.1, 0.15) is 43.1 Å². The molecule has 366 valence electrons. The summed E-state index contributed by atoms with van der Waals surface area (Å²) in [6.07, 6.45) is 5.36. The summed E-state index contributed by atoms with van der Waals surface area (Å²) in [6, 6.07) is 7.21. The monoisotopic (exact) mass is 961 g/mol. The number of hydrogen-bond donors (Lipinski definition) is 12. The van der Waals surface area contributed by atoms with Crippen LogP contribution >= 0.6 is 11.8 Å². The van der Waals surface area contributed by atoms with Crippen LogP contribution in [0.15, 0.2) is 75.8 Å². The summed E-state index contributed by atoms with van der Waals surface area (Å²) in [7, 11) is 0. The van der Waals surface area contributed by atoms with E-state index in [1.807, 2.05) is 24.5 Å². The van der Waals surface area contributed by atoms with E-state index in [2.05, 4.69) is 51.9 Å². The number of thioether (sulfide) groups is 1. The minimum atomic E-state index is -1.43. The molecule has 4 rings (SSSR count). The van der Waals surface area contributed by atoms with Crippen LogP contribution in [0.25, 0.3) is 10.9 Å². The second-order valence-electron chi connectivity index (χ2n) is 15.8. The highest BCUT2D eigenvalue weighted by Gasteiger charge is 2.34. The number of hydrogen-bond acceptors (Lipinski definition) is 13. The first-order chi connectivity index (χ1) is 32.5. The Bertz CT molecular complexity index is 2310. The number of carboxylic acids is 2. The van der Waals surface area contributed by atoms with E-state index in [4.69, 9.17) is 17.2 Å². The van der Waals surface area contributed by atoms with E-state index in [0.29, 0.717) is 16.9 Å². The minimum Gasteiger partial charge on any atom is -0.481 e. The summed E-state index contributed by atoms with van der Waals surface area (Å²) in [5, 5.41) is 35.0. The van der Waals surface area contributed by atoms with Crippen molar-refractivity contribution in [2.75, 3.05) is 25.1 Å². The first kappa shape index (κ1) is 53.3. The maximum Gasteiger partial charge on any atom is 0.322 e. The van der Waals surface area contributed by atoms with Crippen LogP contribution in [0.2, 0.25) is 0 Å². The number of aromatic nitrogens is 1. The molecular formula is C44H59N13O10S. The fraction of sp³-hybridized carbons (Fsp3) is 0.432. The lowest BCUT2D eigenvalue weighted by atomic mass is 10.0. The number of nitrogens with one attached hydrogen (secondary N) is 7. The van der Waals surface area contributed by atoms with Gasteiger partial charge >= 0.3 is 11.9 Å². The Morgan fingerprint density at radius 2 is 1.34 bits per heavy atom. The highest BCUT2D eigenvalue weighted by atomic mass is 32.2. The highest BCUT2D eigenvalue weighted by Crippen LogP contribution is 2.20. The molecule has 6 amide bonds. The van der Waals surface area contributed by atoms with E-state index < -0.39 is 103 Å². The molecule has 2 heterocycles. The second kappa shape index (κ2) is 27.3. The summed E-state index contributed by atoms with van der Waals surface area (Å²) >= 11 is 1.46. The molecule has 7 atom stereocenters. The molecule has 2 aromatic carbocycles. The number of aliphatic imine (C=N–C) groups is 3. The highest BCUT2D eigenvalue weighted by molar-refractivity contribution is 7.98. The smallest absolute Gasteiger partial charge is 0.322 e. The maximum absolute atomic E-state index is 14.5. The predicted octanol–water partition coefficient (Wildman–Crippen LogP) is -1.55. The number of benzene rings is 2. The largest absolute Gasteiger partial charge is 0.481 e. The molecule has 1 aliphatic rings. The normalized spacial score (nSPS) is 15.4. The third-order valence-corrected chi connectivity index (χ3v) is 11.2. The van der Waals surface area contributed by atoms with Gasteiger partial charge in [0.2, 0.25) is 35.4 Å². The molecule has 23 nitrogen and oxygen atoms in total. The third kappa shape index (κ3) is 17.8. The Balaban J connectivity index is 1.63. The lowest BCUT2D eigenvalue weighted by Gasteiger charge is -2.28. The third-order valence-electron chi connectivity index (χ3n) is 10.6. The van der Waals surface area contributed by atoms with E-state index in [9.17, 15) is 48.6 Å². The van der Waals surface area contributed by atoms with E-state index >= 15 is 0 Å². The zero-order valence-corrected chi connectivity index (χ0v) is 38.2. The molecule has 1 aliphatic heterocycles. The molecule has 15 N–H and O–H groups in total. The average molecular weight is 962 g/mol. The number of carboxylic acid groups (broad SMARTS) is 2. The standard InChI is InChI=1S/C44H59N13O10S/c1-68-17-15-29(45)38(62)53-32(13-14-36(58)59)41(65)57-35(20-27-22-48-24-52-27)43(67)55-33(18-25-8-3-2-4-9-25)42(66)54-31(12-7-16-49-44(46)47)40(64)56-34(39(63)51-23-37(60)61)19-26-21-50-30-11-6-5-10-28(26)30/h2-6,8-11,21-22,24,27,29,31-35,50H,7,12-20,23,45H2,1H3,(H,51,63)(H,53,62)(H,54,66)(H,55,67)(H,56,64)(H,57,65)(H,58,59)(H,60,61)(H4,46,47,49)/t27?,29-,31-,32-,33+,34-,35-/m0/s1. The lowest BCUT2D eigenvalue weighted by Crippen LogP contribution is -2.60. The first-order valence-electron chi connectivity index (χ1n) is 21.7. The second-order valence-corrected chi connectivity index (χ2v) is 16.8. The van der Waals surface area contributed by atoms with E-state index in [0.717, 1.165) is 10.9 Å². The van der Waals surface area contributed by atoms with Gasteiger partial charge in [-0.2, -0.15) is 11.8 Å². The van der Waals surface area contributed by atoms with E-state index in [1.165, 1.54) is 24.3 Å². The fourth-order valence-corrected chi connectivity index (χ4v) is 7.51. The fourth-order valence-electron chi connectivity index (χ4n) is 7.02. The Morgan fingerprint density at radius 3 is 1.99 bits per heavy atom. The number of fused-ring (bicyclic) bond motifs is 1. The topological polar surface area (TPSA) is 380 Å². The number of nitrogens with zero attached hydrogens (tertiary/aromatic N) is 3. The van der Waals surface area contributed by atoms with Crippen molar-refractivity contribution in [3.05, 3.63) is 71.9 Å². The van der Waals surface area contributed by atoms with Gasteiger partial charge in [-0.25, -0.2) is 4.99 Å². The van der Waals surface area contributed by atoms with Crippen molar-refractivity contribution in [2.24, 2.45) is 32.2 Å². The number of aromatic amines is 1. The quantitative estimate of drug-likeness (QED) is 0.0213. The minimum absolute atomic E-state index is 0.0516. The molecule has 0 bridgehead atoms. The number of carbonyl (C=O) groups is 8. The van der Waals surface area contributed by atoms with Crippen molar-refractivity contribution in [3.63, 3.8) is 0 Å². The van der Waals surface area contributed by atoms with Crippen molar-refractivity contribution in [1.29, 1.82) is 0 Å². The molecule has 0 fully saturated rings. The molecule has 0 saturated carbocycles. The van der Waals surface area contributed by atoms with Gasteiger partial charge in [0.25, 0.3) is 0 Å². The summed E-state index contributed by atoms with van der Waals surface area (Å²) in [4.78, 5) is 122. The van der Waals surface area contributed by atoms with Crippen LogP contribution in [0.5, 0.6) is 0 Å². The van der Waals surface area contributed by atoms with Crippen molar-refractivity contribution in [1.82, 2.24) is 36.9 Å². The Labute approximate surface area is 395 Å². The van der Waals surface area contributed by atoms with Gasteiger partial charge < -0.3 is 64.3 Å². The number of carbonyl (C=O) groups excluding carboxylic acids is 6. The van der Waals surface area contributed by atoms with Gasteiger partial charge in [-0.1, -0.05) is 48.5 Å². The van der Waals surface area contributed by atoms with Crippen molar-refractivity contribution in [3.8, 4) is 0 Å². The molecule has 0 aliphatic carbocycles. The Morgan fingerprint density at radius 1 is 0.735 bits per heavy atom. The zero-order chi connectivity index (χ0) is 49.6.